The molecule has 1 aliphatic rings. The van der Waals surface area contributed by atoms with Gasteiger partial charge in [0.1, 0.15) is 6.61 Å². The quantitative estimate of drug-likeness (QED) is 0.478. The van der Waals surface area contributed by atoms with Crippen LogP contribution in [-0.2, 0) is 16.2 Å². The summed E-state index contributed by atoms with van der Waals surface area (Å²) < 4.78 is 11.3. The highest BCUT2D eigenvalue weighted by molar-refractivity contribution is 5.81. The van der Waals surface area contributed by atoms with Crippen molar-refractivity contribution >= 4 is 12.1 Å². The maximum atomic E-state index is 12.5. The highest BCUT2D eigenvalue weighted by Gasteiger charge is 2.28. The van der Waals surface area contributed by atoms with Crippen LogP contribution >= 0.6 is 0 Å². The van der Waals surface area contributed by atoms with Gasteiger partial charge in [0.25, 0.3) is 5.91 Å². The largest absolute Gasteiger partial charge is 0.493 e. The van der Waals surface area contributed by atoms with Gasteiger partial charge >= 0.3 is 0 Å². The Hall–Kier alpha value is -3.02. The molecule has 0 N–H and O–H groups in total. The van der Waals surface area contributed by atoms with Crippen LogP contribution in [0.5, 0.6) is 11.5 Å². The number of piperidine rings is 1. The van der Waals surface area contributed by atoms with Crippen molar-refractivity contribution in [2.45, 2.75) is 51.8 Å². The van der Waals surface area contributed by atoms with Gasteiger partial charge in [0.2, 0.25) is 0 Å². The molecule has 1 fully saturated rings. The summed E-state index contributed by atoms with van der Waals surface area (Å²) in [6, 6.07) is 16.0. The fourth-order valence-corrected chi connectivity index (χ4v) is 3.80. The predicted molar refractivity (Wildman–Crippen MR) is 117 cm³/mol. The van der Waals surface area contributed by atoms with Crippen LogP contribution in [-0.4, -0.2) is 42.8 Å². The Morgan fingerprint density at radius 1 is 1.10 bits per heavy atom. The molecule has 1 heterocycles. The Morgan fingerprint density at radius 2 is 1.83 bits per heavy atom. The molecule has 0 spiro atoms. The SMILES string of the molecule is COc1cc(/C=N\OCC(=O)N2[C@H](C)CCC[C@H]2C)ccc1OCc1ccccc1. The van der Waals surface area contributed by atoms with E-state index in [2.05, 4.69) is 19.0 Å². The average molecular weight is 411 g/mol. The van der Waals surface area contributed by atoms with Crippen molar-refractivity contribution in [1.29, 1.82) is 0 Å². The second-order valence-electron chi connectivity index (χ2n) is 7.62. The van der Waals surface area contributed by atoms with Gasteiger partial charge < -0.3 is 19.2 Å². The van der Waals surface area contributed by atoms with Crippen LogP contribution < -0.4 is 9.47 Å². The van der Waals surface area contributed by atoms with Crippen molar-refractivity contribution in [3.63, 3.8) is 0 Å². The van der Waals surface area contributed by atoms with Gasteiger partial charge in [-0.1, -0.05) is 35.5 Å². The number of benzene rings is 2. The van der Waals surface area contributed by atoms with E-state index in [1.54, 1.807) is 13.3 Å². The van der Waals surface area contributed by atoms with Crippen LogP contribution in [0.25, 0.3) is 0 Å². The molecule has 1 saturated heterocycles. The van der Waals surface area contributed by atoms with Gasteiger partial charge in [0.15, 0.2) is 18.1 Å². The molecule has 0 aromatic heterocycles. The van der Waals surface area contributed by atoms with E-state index in [-0.39, 0.29) is 24.6 Å². The maximum Gasteiger partial charge on any atom is 0.263 e. The van der Waals surface area contributed by atoms with Crippen molar-refractivity contribution in [3.8, 4) is 11.5 Å². The van der Waals surface area contributed by atoms with Gasteiger partial charge in [0, 0.05) is 17.6 Å². The molecule has 1 aliphatic heterocycles. The monoisotopic (exact) mass is 410 g/mol. The van der Waals surface area contributed by atoms with E-state index in [0.29, 0.717) is 18.1 Å². The lowest BCUT2D eigenvalue weighted by molar-refractivity contribution is -0.142. The molecule has 3 rings (SSSR count). The van der Waals surface area contributed by atoms with E-state index in [0.717, 1.165) is 30.4 Å². The number of ether oxygens (including phenoxy) is 2. The van der Waals surface area contributed by atoms with Gasteiger partial charge in [-0.25, -0.2) is 0 Å². The number of carbonyl (C=O) groups excluding carboxylic acids is 1. The number of hydrogen-bond acceptors (Lipinski definition) is 5. The molecule has 2 atom stereocenters. The molecule has 0 bridgehead atoms. The second-order valence-corrected chi connectivity index (χ2v) is 7.62. The van der Waals surface area contributed by atoms with Crippen LogP contribution in [0.15, 0.2) is 53.7 Å². The van der Waals surface area contributed by atoms with Crippen molar-refractivity contribution in [3.05, 3.63) is 59.7 Å². The molecular formula is C24H30N2O4. The molecule has 0 unspecified atom stereocenters. The van der Waals surface area contributed by atoms with Gasteiger partial charge in [-0.15, -0.1) is 0 Å². The first-order valence-electron chi connectivity index (χ1n) is 10.4. The van der Waals surface area contributed by atoms with E-state index in [4.69, 9.17) is 14.3 Å². The summed E-state index contributed by atoms with van der Waals surface area (Å²) in [7, 11) is 1.60. The zero-order chi connectivity index (χ0) is 21.3. The molecule has 1 amide bonds. The highest BCUT2D eigenvalue weighted by Crippen LogP contribution is 2.28. The van der Waals surface area contributed by atoms with E-state index in [1.807, 2.05) is 53.4 Å². The molecule has 2 aromatic rings. The molecule has 30 heavy (non-hydrogen) atoms. The Bertz CT molecular complexity index is 844. The molecule has 6 nitrogen and oxygen atoms in total. The maximum absolute atomic E-state index is 12.5. The Balaban J connectivity index is 1.53. The lowest BCUT2D eigenvalue weighted by atomic mass is 9.97. The number of methoxy groups -OCH3 is 1. The summed E-state index contributed by atoms with van der Waals surface area (Å²) in [6.45, 7) is 4.58. The third-order valence-electron chi connectivity index (χ3n) is 5.37. The lowest BCUT2D eigenvalue weighted by Gasteiger charge is -2.38. The number of nitrogens with zero attached hydrogens (tertiary/aromatic N) is 2. The van der Waals surface area contributed by atoms with Crippen molar-refractivity contribution < 1.29 is 19.1 Å². The third-order valence-corrected chi connectivity index (χ3v) is 5.37. The normalized spacial score (nSPS) is 19.0. The number of hydrogen-bond donors (Lipinski definition) is 0. The fourth-order valence-electron chi connectivity index (χ4n) is 3.80. The summed E-state index contributed by atoms with van der Waals surface area (Å²) in [5, 5.41) is 3.96. The summed E-state index contributed by atoms with van der Waals surface area (Å²) in [4.78, 5) is 19.6. The minimum absolute atomic E-state index is 0.0194. The average Bonchev–Trinajstić information content (AvgIpc) is 2.76. The summed E-state index contributed by atoms with van der Waals surface area (Å²) in [5.41, 5.74) is 1.88. The number of rotatable bonds is 8. The smallest absolute Gasteiger partial charge is 0.263 e. The van der Waals surface area contributed by atoms with Crippen LogP contribution in [0, 0.1) is 0 Å². The first kappa shape index (κ1) is 21.7. The molecule has 0 aliphatic carbocycles. The zero-order valence-electron chi connectivity index (χ0n) is 17.9. The van der Waals surface area contributed by atoms with Gasteiger partial charge in [-0.2, -0.15) is 0 Å². The first-order chi connectivity index (χ1) is 14.6. The van der Waals surface area contributed by atoms with Crippen molar-refractivity contribution in [2.24, 2.45) is 5.16 Å². The predicted octanol–water partition coefficient (Wildman–Crippen LogP) is 4.41. The van der Waals surface area contributed by atoms with Crippen LogP contribution in [0.1, 0.15) is 44.2 Å². The van der Waals surface area contributed by atoms with Crippen LogP contribution in [0.3, 0.4) is 0 Å². The van der Waals surface area contributed by atoms with E-state index < -0.39 is 0 Å². The molecule has 6 heteroatoms. The molecule has 160 valence electrons. The van der Waals surface area contributed by atoms with Gasteiger partial charge in [-0.3, -0.25) is 4.79 Å². The van der Waals surface area contributed by atoms with E-state index in [1.165, 1.54) is 0 Å². The fraction of sp³-hybridized carbons (Fsp3) is 0.417. The molecule has 2 aromatic carbocycles. The highest BCUT2D eigenvalue weighted by atomic mass is 16.6. The Labute approximate surface area is 178 Å². The molecule has 0 saturated carbocycles. The topological polar surface area (TPSA) is 60.4 Å². The van der Waals surface area contributed by atoms with Crippen LogP contribution in [0.2, 0.25) is 0 Å². The summed E-state index contributed by atoms with van der Waals surface area (Å²) in [5.74, 6) is 1.25. The Morgan fingerprint density at radius 3 is 2.53 bits per heavy atom. The molecular weight excluding hydrogens is 380 g/mol. The number of likely N-dealkylation sites (tertiary alicyclic amines) is 1. The Kier molecular flexibility index (Phi) is 7.71. The minimum Gasteiger partial charge on any atom is -0.493 e. The number of amides is 1. The zero-order valence-corrected chi connectivity index (χ0v) is 17.9. The standard InChI is InChI=1S/C24H30N2O4/c1-18-8-7-9-19(2)26(18)24(27)17-30-25-15-21-12-13-22(23(14-21)28-3)29-16-20-10-5-4-6-11-20/h4-6,10-15,18-19H,7-9,16-17H2,1-3H3/b25-15-/t18-,19-/m1/s1. The van der Waals surface area contributed by atoms with Gasteiger partial charge in [-0.05, 0) is 56.9 Å². The first-order valence-corrected chi connectivity index (χ1v) is 10.4. The van der Waals surface area contributed by atoms with E-state index >= 15 is 0 Å². The van der Waals surface area contributed by atoms with Crippen molar-refractivity contribution in [2.75, 3.05) is 13.7 Å². The summed E-state index contributed by atoms with van der Waals surface area (Å²) in [6.07, 6.45) is 4.81. The second kappa shape index (κ2) is 10.7. The minimum atomic E-state index is -0.0550. The number of oxime groups is 1. The third kappa shape index (κ3) is 5.75. The van der Waals surface area contributed by atoms with Crippen molar-refractivity contribution in [1.82, 2.24) is 4.90 Å². The number of carbonyl (C=O) groups is 1. The van der Waals surface area contributed by atoms with Gasteiger partial charge in [0.05, 0.1) is 13.3 Å². The summed E-state index contributed by atoms with van der Waals surface area (Å²) >= 11 is 0. The lowest BCUT2D eigenvalue weighted by Crippen LogP contribution is -2.48. The molecule has 0 radical (unpaired) electrons. The van der Waals surface area contributed by atoms with Crippen LogP contribution in [0.4, 0.5) is 0 Å². The van der Waals surface area contributed by atoms with E-state index in [9.17, 15) is 4.79 Å².